The van der Waals surface area contributed by atoms with Crippen molar-refractivity contribution in [2.45, 2.75) is 4.90 Å². The number of thioether (sulfide) groups is 1. The molecule has 0 unspecified atom stereocenters. The quantitative estimate of drug-likeness (QED) is 0.614. The fourth-order valence-electron chi connectivity index (χ4n) is 1.20. The minimum absolute atomic E-state index is 0.0754. The molecule has 1 rings (SSSR count). The lowest BCUT2D eigenvalue weighted by atomic mass is 10.3. The molecule has 3 nitrogen and oxygen atoms in total. The van der Waals surface area contributed by atoms with Crippen LogP contribution in [-0.4, -0.2) is 39.3 Å². The monoisotopic (exact) mass is 295 g/mol. The van der Waals surface area contributed by atoms with Crippen molar-refractivity contribution in [2.24, 2.45) is 0 Å². The molecule has 0 amide bonds. The first kappa shape index (κ1) is 15.4. The third kappa shape index (κ3) is 6.32. The van der Waals surface area contributed by atoms with Crippen molar-refractivity contribution in [2.75, 3.05) is 30.9 Å². The highest BCUT2D eigenvalue weighted by Crippen LogP contribution is 2.21. The van der Waals surface area contributed by atoms with Crippen molar-refractivity contribution in [3.05, 3.63) is 29.8 Å². The maximum absolute atomic E-state index is 13.2. The van der Waals surface area contributed by atoms with E-state index in [1.165, 1.54) is 18.0 Å². The number of halogens is 2. The molecule has 0 saturated carbocycles. The minimum Gasteiger partial charge on any atom is -0.315 e. The van der Waals surface area contributed by atoms with E-state index >= 15 is 0 Å². The van der Waals surface area contributed by atoms with Gasteiger partial charge in [-0.3, -0.25) is 0 Å². The van der Waals surface area contributed by atoms with E-state index < -0.39 is 21.5 Å². The molecule has 0 aliphatic carbocycles. The van der Waals surface area contributed by atoms with Crippen LogP contribution in [0.2, 0.25) is 0 Å². The van der Waals surface area contributed by atoms with Gasteiger partial charge >= 0.3 is 0 Å². The Morgan fingerprint density at radius 1 is 1.28 bits per heavy atom. The Morgan fingerprint density at radius 3 is 2.67 bits per heavy atom. The number of benzene rings is 1. The Labute approximate surface area is 110 Å². The highest BCUT2D eigenvalue weighted by molar-refractivity contribution is 7.99. The summed E-state index contributed by atoms with van der Waals surface area (Å²) in [6.45, 7) is 0.904. The summed E-state index contributed by atoms with van der Waals surface area (Å²) in [5.74, 6) is -0.294. The molecule has 0 spiro atoms. The topological polar surface area (TPSA) is 46.2 Å². The van der Waals surface area contributed by atoms with Gasteiger partial charge in [0.2, 0.25) is 0 Å². The Morgan fingerprint density at radius 2 is 2.00 bits per heavy atom. The molecule has 0 aliphatic rings. The van der Waals surface area contributed by atoms with E-state index in [0.717, 1.165) is 18.2 Å². The molecule has 1 aromatic carbocycles. The molecule has 0 atom stereocenters. The van der Waals surface area contributed by atoms with Crippen LogP contribution in [0.5, 0.6) is 0 Å². The van der Waals surface area contributed by atoms with Gasteiger partial charge in [0.25, 0.3) is 0 Å². The average molecular weight is 295 g/mol. The van der Waals surface area contributed by atoms with Crippen molar-refractivity contribution in [1.82, 2.24) is 5.32 Å². The van der Waals surface area contributed by atoms with Gasteiger partial charge in [-0.1, -0.05) is 0 Å². The first-order chi connectivity index (χ1) is 8.38. The second kappa shape index (κ2) is 7.06. The summed E-state index contributed by atoms with van der Waals surface area (Å²) in [7, 11) is -2.95. The second-order valence-corrected chi connectivity index (χ2v) is 7.20. The number of rotatable bonds is 7. The maximum Gasteiger partial charge on any atom is 0.148 e. The summed E-state index contributed by atoms with van der Waals surface area (Å²) in [5, 5.41) is 2.93. The lowest BCUT2D eigenvalue weighted by Gasteiger charge is -2.05. The van der Waals surface area contributed by atoms with Gasteiger partial charge in [0.1, 0.15) is 21.5 Å². The first-order valence-corrected chi connectivity index (χ1v) is 8.39. The lowest BCUT2D eigenvalue weighted by molar-refractivity contribution is 0.577. The number of nitrogens with one attached hydrogen (secondary N) is 1. The van der Waals surface area contributed by atoms with Gasteiger partial charge in [0.05, 0.1) is 5.75 Å². The number of hydrogen-bond donors (Lipinski definition) is 1. The van der Waals surface area contributed by atoms with Crippen LogP contribution in [0, 0.1) is 11.6 Å². The fraction of sp³-hybridized carbons (Fsp3) is 0.455. The van der Waals surface area contributed by atoms with Crippen molar-refractivity contribution in [3.63, 3.8) is 0 Å². The third-order valence-corrected chi connectivity index (χ3v) is 4.06. The summed E-state index contributed by atoms with van der Waals surface area (Å²) in [5.41, 5.74) is 0. The average Bonchev–Trinajstić information content (AvgIpc) is 2.26. The zero-order chi connectivity index (χ0) is 13.6. The van der Waals surface area contributed by atoms with E-state index in [0.29, 0.717) is 18.8 Å². The van der Waals surface area contributed by atoms with Gasteiger partial charge in [-0.05, 0) is 18.2 Å². The van der Waals surface area contributed by atoms with Gasteiger partial charge in [0.15, 0.2) is 0 Å². The Hall–Kier alpha value is -0.660. The largest absolute Gasteiger partial charge is 0.315 e. The molecule has 0 aromatic heterocycles. The van der Waals surface area contributed by atoms with Crippen LogP contribution in [0.15, 0.2) is 23.1 Å². The Balaban J connectivity index is 2.24. The zero-order valence-corrected chi connectivity index (χ0v) is 11.6. The standard InChI is InChI=1S/C11H15F2NO2S2/c1-18(15,16)7-5-14-4-6-17-11-8-9(12)2-3-10(11)13/h2-3,8,14H,4-7H2,1H3. The molecular weight excluding hydrogens is 280 g/mol. The molecule has 0 saturated heterocycles. The van der Waals surface area contributed by atoms with E-state index in [1.54, 1.807) is 0 Å². The van der Waals surface area contributed by atoms with Crippen molar-refractivity contribution in [1.29, 1.82) is 0 Å². The van der Waals surface area contributed by atoms with E-state index in [9.17, 15) is 17.2 Å². The van der Waals surface area contributed by atoms with E-state index in [4.69, 9.17) is 0 Å². The van der Waals surface area contributed by atoms with Crippen LogP contribution in [0.25, 0.3) is 0 Å². The summed E-state index contributed by atoms with van der Waals surface area (Å²) in [6, 6.07) is 3.31. The molecule has 0 fully saturated rings. The number of sulfone groups is 1. The smallest absolute Gasteiger partial charge is 0.148 e. The second-order valence-electron chi connectivity index (χ2n) is 3.80. The molecule has 1 aromatic rings. The molecule has 0 radical (unpaired) electrons. The summed E-state index contributed by atoms with van der Waals surface area (Å²) in [6.07, 6.45) is 1.17. The van der Waals surface area contributed by atoms with Crippen LogP contribution in [0.4, 0.5) is 8.78 Å². The fourth-order valence-corrected chi connectivity index (χ4v) is 2.59. The van der Waals surface area contributed by atoms with Crippen LogP contribution in [0.3, 0.4) is 0 Å². The van der Waals surface area contributed by atoms with Gasteiger partial charge in [0, 0.05) is 30.0 Å². The lowest BCUT2D eigenvalue weighted by Crippen LogP contribution is -2.24. The van der Waals surface area contributed by atoms with Crippen LogP contribution in [-0.2, 0) is 9.84 Å². The molecule has 18 heavy (non-hydrogen) atoms. The summed E-state index contributed by atoms with van der Waals surface area (Å²) >= 11 is 1.19. The van der Waals surface area contributed by atoms with Gasteiger partial charge in [-0.15, -0.1) is 11.8 Å². The molecule has 0 bridgehead atoms. The van der Waals surface area contributed by atoms with Crippen LogP contribution >= 0.6 is 11.8 Å². The van der Waals surface area contributed by atoms with Crippen molar-refractivity contribution >= 4 is 21.6 Å². The molecule has 0 aliphatic heterocycles. The molecule has 7 heteroatoms. The Kier molecular flexibility index (Phi) is 6.04. The van der Waals surface area contributed by atoms with E-state index in [-0.39, 0.29) is 10.6 Å². The van der Waals surface area contributed by atoms with Crippen LogP contribution < -0.4 is 5.32 Å². The predicted octanol–water partition coefficient (Wildman–Crippen LogP) is 1.69. The van der Waals surface area contributed by atoms with E-state index in [2.05, 4.69) is 5.32 Å². The van der Waals surface area contributed by atoms with Crippen molar-refractivity contribution < 1.29 is 17.2 Å². The first-order valence-electron chi connectivity index (χ1n) is 5.35. The van der Waals surface area contributed by atoms with Gasteiger partial charge in [-0.2, -0.15) is 0 Å². The normalized spacial score (nSPS) is 11.7. The number of hydrogen-bond acceptors (Lipinski definition) is 4. The highest BCUT2D eigenvalue weighted by atomic mass is 32.2. The predicted molar refractivity (Wildman–Crippen MR) is 69.7 cm³/mol. The summed E-state index contributed by atoms with van der Waals surface area (Å²) in [4.78, 5) is 0.264. The molecular formula is C11H15F2NO2S2. The molecule has 0 heterocycles. The van der Waals surface area contributed by atoms with Crippen LogP contribution in [0.1, 0.15) is 0 Å². The minimum atomic E-state index is -2.95. The van der Waals surface area contributed by atoms with Gasteiger partial charge < -0.3 is 5.32 Å². The highest BCUT2D eigenvalue weighted by Gasteiger charge is 2.04. The SMILES string of the molecule is CS(=O)(=O)CCNCCSc1cc(F)ccc1F. The Bertz CT molecular complexity index is 492. The third-order valence-electron chi connectivity index (χ3n) is 2.08. The zero-order valence-electron chi connectivity index (χ0n) is 9.95. The molecule has 102 valence electrons. The van der Waals surface area contributed by atoms with E-state index in [1.807, 2.05) is 0 Å². The van der Waals surface area contributed by atoms with Crippen molar-refractivity contribution in [3.8, 4) is 0 Å². The van der Waals surface area contributed by atoms with Gasteiger partial charge in [-0.25, -0.2) is 17.2 Å². The molecule has 1 N–H and O–H groups in total. The summed E-state index contributed by atoms with van der Waals surface area (Å²) < 4.78 is 47.7. The maximum atomic E-state index is 13.2.